The fraction of sp³-hybridized carbons (Fsp3) is 0. The van der Waals surface area contributed by atoms with Crippen molar-refractivity contribution < 1.29 is 4.79 Å². The van der Waals surface area contributed by atoms with Crippen molar-refractivity contribution in [2.24, 2.45) is 5.73 Å². The first-order chi connectivity index (χ1) is 7.18. The topological polar surface area (TPSA) is 73.8 Å². The van der Waals surface area contributed by atoms with Gasteiger partial charge in [0.25, 0.3) is 5.91 Å². The van der Waals surface area contributed by atoms with E-state index in [1.807, 2.05) is 0 Å². The summed E-state index contributed by atoms with van der Waals surface area (Å²) in [6, 6.07) is 4.76. The SMILES string of the molecule is NC(=O)c1ccc(Cl)cc1-n1cncn1. The van der Waals surface area contributed by atoms with Gasteiger partial charge in [0.1, 0.15) is 12.7 Å². The van der Waals surface area contributed by atoms with Crippen LogP contribution < -0.4 is 5.73 Å². The molecule has 0 aliphatic heterocycles. The van der Waals surface area contributed by atoms with E-state index in [1.165, 1.54) is 17.3 Å². The van der Waals surface area contributed by atoms with Crippen molar-refractivity contribution in [3.63, 3.8) is 0 Å². The summed E-state index contributed by atoms with van der Waals surface area (Å²) in [5.74, 6) is -0.530. The molecule has 2 N–H and O–H groups in total. The molecule has 1 aromatic carbocycles. The largest absolute Gasteiger partial charge is 0.366 e. The lowest BCUT2D eigenvalue weighted by atomic mass is 10.1. The lowest BCUT2D eigenvalue weighted by Crippen LogP contribution is -2.14. The van der Waals surface area contributed by atoms with E-state index in [0.29, 0.717) is 16.3 Å². The number of amides is 1. The number of nitrogens with two attached hydrogens (primary N) is 1. The van der Waals surface area contributed by atoms with Crippen molar-refractivity contribution in [1.29, 1.82) is 0 Å². The van der Waals surface area contributed by atoms with Crippen LogP contribution in [0.3, 0.4) is 0 Å². The maximum atomic E-state index is 11.1. The molecule has 0 saturated carbocycles. The van der Waals surface area contributed by atoms with Crippen molar-refractivity contribution >= 4 is 17.5 Å². The Morgan fingerprint density at radius 3 is 2.87 bits per heavy atom. The second-order valence-electron chi connectivity index (χ2n) is 2.87. The molecule has 5 nitrogen and oxygen atoms in total. The van der Waals surface area contributed by atoms with Crippen molar-refractivity contribution in [2.75, 3.05) is 0 Å². The van der Waals surface area contributed by atoms with E-state index in [2.05, 4.69) is 10.1 Å². The number of benzene rings is 1. The Balaban J connectivity index is 2.63. The first-order valence-corrected chi connectivity index (χ1v) is 4.50. The highest BCUT2D eigenvalue weighted by Crippen LogP contribution is 2.18. The highest BCUT2D eigenvalue weighted by Gasteiger charge is 2.10. The van der Waals surface area contributed by atoms with Gasteiger partial charge in [-0.1, -0.05) is 11.6 Å². The Kier molecular flexibility index (Phi) is 2.39. The molecule has 0 bridgehead atoms. The molecular formula is C9H7ClN4O. The van der Waals surface area contributed by atoms with E-state index in [-0.39, 0.29) is 0 Å². The predicted molar refractivity (Wildman–Crippen MR) is 54.9 cm³/mol. The minimum atomic E-state index is -0.530. The number of halogens is 1. The Hall–Kier alpha value is -1.88. The number of rotatable bonds is 2. The van der Waals surface area contributed by atoms with Crippen LogP contribution in [0.25, 0.3) is 5.69 Å². The third kappa shape index (κ3) is 1.82. The average Bonchev–Trinajstić information content (AvgIpc) is 2.69. The summed E-state index contributed by atoms with van der Waals surface area (Å²) in [6.07, 6.45) is 2.84. The van der Waals surface area contributed by atoms with Crippen LogP contribution >= 0.6 is 11.6 Å². The van der Waals surface area contributed by atoms with Crippen LogP contribution in [0, 0.1) is 0 Å². The summed E-state index contributed by atoms with van der Waals surface area (Å²) in [6.45, 7) is 0. The standard InChI is InChI=1S/C9H7ClN4O/c10-6-1-2-7(9(11)15)8(3-6)14-5-12-4-13-14/h1-5H,(H2,11,15). The number of nitrogens with zero attached hydrogens (tertiary/aromatic N) is 3. The zero-order chi connectivity index (χ0) is 10.8. The summed E-state index contributed by atoms with van der Waals surface area (Å²) in [4.78, 5) is 14.9. The minimum absolute atomic E-state index is 0.352. The van der Waals surface area contributed by atoms with Crippen molar-refractivity contribution in [2.45, 2.75) is 0 Å². The molecule has 2 aromatic rings. The maximum absolute atomic E-state index is 11.1. The van der Waals surface area contributed by atoms with E-state index < -0.39 is 5.91 Å². The zero-order valence-corrected chi connectivity index (χ0v) is 8.35. The van der Waals surface area contributed by atoms with Crippen molar-refractivity contribution in [3.05, 3.63) is 41.4 Å². The number of hydrogen-bond acceptors (Lipinski definition) is 3. The van der Waals surface area contributed by atoms with E-state index in [0.717, 1.165) is 0 Å². The lowest BCUT2D eigenvalue weighted by Gasteiger charge is -2.05. The molecule has 0 spiro atoms. The molecule has 2 rings (SSSR count). The number of hydrogen-bond donors (Lipinski definition) is 1. The van der Waals surface area contributed by atoms with Gasteiger partial charge in [-0.3, -0.25) is 4.79 Å². The second-order valence-corrected chi connectivity index (χ2v) is 3.30. The fourth-order valence-electron chi connectivity index (χ4n) is 1.24. The van der Waals surface area contributed by atoms with Crippen molar-refractivity contribution in [1.82, 2.24) is 14.8 Å². The molecule has 76 valence electrons. The van der Waals surface area contributed by atoms with Crippen molar-refractivity contribution in [3.8, 4) is 5.69 Å². The number of aromatic nitrogens is 3. The molecule has 1 aromatic heterocycles. The molecule has 1 heterocycles. The molecule has 0 saturated heterocycles. The van der Waals surface area contributed by atoms with E-state index in [1.54, 1.807) is 18.2 Å². The Morgan fingerprint density at radius 1 is 1.47 bits per heavy atom. The Labute approximate surface area is 90.5 Å². The number of carbonyl (C=O) groups excluding carboxylic acids is 1. The van der Waals surface area contributed by atoms with Crippen LogP contribution in [0.5, 0.6) is 0 Å². The van der Waals surface area contributed by atoms with Crippen LogP contribution in [-0.2, 0) is 0 Å². The molecule has 1 amide bonds. The highest BCUT2D eigenvalue weighted by molar-refractivity contribution is 6.31. The molecule has 6 heteroatoms. The normalized spacial score (nSPS) is 10.2. The summed E-state index contributed by atoms with van der Waals surface area (Å²) >= 11 is 5.82. The maximum Gasteiger partial charge on any atom is 0.250 e. The molecule has 0 aliphatic carbocycles. The Bertz CT molecular complexity index is 495. The summed E-state index contributed by atoms with van der Waals surface area (Å²) < 4.78 is 1.44. The van der Waals surface area contributed by atoms with Gasteiger partial charge in [-0.25, -0.2) is 9.67 Å². The first kappa shape index (κ1) is 9.67. The second kappa shape index (κ2) is 3.70. The van der Waals surface area contributed by atoms with Gasteiger partial charge in [0.05, 0.1) is 11.3 Å². The molecule has 0 fully saturated rings. The smallest absolute Gasteiger partial charge is 0.250 e. The summed E-state index contributed by atoms with van der Waals surface area (Å²) in [7, 11) is 0. The molecule has 15 heavy (non-hydrogen) atoms. The predicted octanol–water partition coefficient (Wildman–Crippen LogP) is 1.02. The van der Waals surface area contributed by atoms with Gasteiger partial charge in [-0.05, 0) is 18.2 Å². The van der Waals surface area contributed by atoms with Crippen LogP contribution in [0.2, 0.25) is 5.02 Å². The van der Waals surface area contributed by atoms with Gasteiger partial charge >= 0.3 is 0 Å². The third-order valence-electron chi connectivity index (χ3n) is 1.89. The quantitative estimate of drug-likeness (QED) is 0.825. The van der Waals surface area contributed by atoms with Gasteiger partial charge in [0, 0.05) is 5.02 Å². The first-order valence-electron chi connectivity index (χ1n) is 4.13. The van der Waals surface area contributed by atoms with E-state index in [4.69, 9.17) is 17.3 Å². The number of carbonyl (C=O) groups is 1. The molecule has 0 unspecified atom stereocenters. The monoisotopic (exact) mass is 222 g/mol. The van der Waals surface area contributed by atoms with Crippen LogP contribution in [-0.4, -0.2) is 20.7 Å². The zero-order valence-electron chi connectivity index (χ0n) is 7.59. The number of primary amides is 1. The average molecular weight is 223 g/mol. The van der Waals surface area contributed by atoms with E-state index >= 15 is 0 Å². The third-order valence-corrected chi connectivity index (χ3v) is 2.13. The van der Waals surface area contributed by atoms with Crippen LogP contribution in [0.15, 0.2) is 30.9 Å². The van der Waals surface area contributed by atoms with Crippen LogP contribution in [0.4, 0.5) is 0 Å². The van der Waals surface area contributed by atoms with Gasteiger partial charge in [-0.15, -0.1) is 0 Å². The Morgan fingerprint density at radius 2 is 2.27 bits per heavy atom. The molecular weight excluding hydrogens is 216 g/mol. The molecule has 0 aliphatic rings. The summed E-state index contributed by atoms with van der Waals surface area (Å²) in [5.41, 5.74) is 6.10. The van der Waals surface area contributed by atoms with Gasteiger partial charge < -0.3 is 5.73 Å². The molecule has 0 radical (unpaired) electrons. The highest BCUT2D eigenvalue weighted by atomic mass is 35.5. The minimum Gasteiger partial charge on any atom is -0.366 e. The van der Waals surface area contributed by atoms with E-state index in [9.17, 15) is 4.79 Å². The van der Waals surface area contributed by atoms with Gasteiger partial charge in [-0.2, -0.15) is 5.10 Å². The van der Waals surface area contributed by atoms with Gasteiger partial charge in [0.2, 0.25) is 0 Å². The lowest BCUT2D eigenvalue weighted by molar-refractivity contribution is 0.1000. The molecule has 0 atom stereocenters. The van der Waals surface area contributed by atoms with Crippen LogP contribution in [0.1, 0.15) is 10.4 Å². The summed E-state index contributed by atoms with van der Waals surface area (Å²) in [5, 5.41) is 4.41. The fourth-order valence-corrected chi connectivity index (χ4v) is 1.40. The van der Waals surface area contributed by atoms with Gasteiger partial charge in [0.15, 0.2) is 0 Å².